The quantitative estimate of drug-likeness (QED) is 0.00553. The molecule has 11 rings (SSSR count). The average Bonchev–Trinajstić information content (AvgIpc) is 0.864. The van der Waals surface area contributed by atoms with Gasteiger partial charge in [-0.3, -0.25) is 48.1 Å². The van der Waals surface area contributed by atoms with Gasteiger partial charge < -0.3 is 152 Å². The summed E-state index contributed by atoms with van der Waals surface area (Å²) in [5.41, 5.74) is 66.5. The Bertz CT molecular complexity index is 5740. The zero-order valence-corrected chi connectivity index (χ0v) is 82.4. The number of nitrogens with one attached hydrogen (secondary N) is 8. The zero-order chi connectivity index (χ0) is 108. The molecule has 790 valence electrons. The van der Waals surface area contributed by atoms with Gasteiger partial charge in [0.05, 0.1) is 71.7 Å². The minimum atomic E-state index is -0.782. The zero-order valence-electron chi connectivity index (χ0n) is 82.4. The fourth-order valence-corrected chi connectivity index (χ4v) is 12.3. The van der Waals surface area contributed by atoms with E-state index in [-0.39, 0.29) is 89.6 Å². The van der Waals surface area contributed by atoms with Crippen LogP contribution < -0.4 is 110 Å². The molecule has 0 radical (unpaired) electrons. The molecule has 38 N–H and O–H groups in total. The molecule has 0 amide bonds. The number of hydrogen-bond acceptors (Lipinski definition) is 29. The number of nitrogen functional groups attached to an aromatic ring is 8. The van der Waals surface area contributed by atoms with E-state index < -0.39 is 18.2 Å². The van der Waals surface area contributed by atoms with Crippen molar-refractivity contribution in [1.29, 1.82) is 43.3 Å². The number of carboxylic acid groups (broad SMARTS) is 1. The Morgan fingerprint density at radius 1 is 0.236 bits per heavy atom. The summed E-state index contributed by atoms with van der Waals surface area (Å²) in [6.07, 6.45) is 11.0. The Labute approximate surface area is 859 Å². The van der Waals surface area contributed by atoms with Gasteiger partial charge in [0.2, 0.25) is 0 Å². The van der Waals surface area contributed by atoms with Gasteiger partial charge in [0.25, 0.3) is 0 Å². The number of aliphatic hydroxyl groups excluding tert-OH is 3. The number of oxime groups is 3. The molecule has 0 saturated carbocycles. The largest absolute Gasteiger partial charge is 0.508 e. The Morgan fingerprint density at radius 3 is 0.622 bits per heavy atom. The van der Waals surface area contributed by atoms with Gasteiger partial charge in [-0.15, -0.1) is 0 Å². The van der Waals surface area contributed by atoms with Crippen LogP contribution in [0, 0.1) is 43.3 Å². The summed E-state index contributed by atoms with van der Waals surface area (Å²) in [6, 6.07) is 76.3. The summed E-state index contributed by atoms with van der Waals surface area (Å²) in [5.74, 6) is 7.00. The molecule has 0 aromatic heterocycles. The van der Waals surface area contributed by atoms with E-state index in [1.54, 1.807) is 231 Å². The molecule has 11 aromatic carbocycles. The fraction of sp³-hybridized carbons (Fsp3) is 0.271. The molecular weight excluding hydrogens is 1900 g/mol. The minimum Gasteiger partial charge on any atom is -0.508 e. The lowest BCUT2D eigenvalue weighted by molar-refractivity contribution is -0.137. The summed E-state index contributed by atoms with van der Waals surface area (Å²) in [4.78, 5) is 10.3. The topological polar surface area (TPSA) is 785 Å². The summed E-state index contributed by atoms with van der Waals surface area (Å²) >= 11 is 0. The van der Waals surface area contributed by atoms with E-state index in [2.05, 4.69) is 15.5 Å². The second-order valence-corrected chi connectivity index (χ2v) is 32.3. The highest BCUT2D eigenvalue weighted by Gasteiger charge is 2.13. The Hall–Kier alpha value is -17.9. The number of hydrogen-bond donors (Lipinski definition) is 27. The van der Waals surface area contributed by atoms with Crippen LogP contribution in [0.4, 0.5) is 0 Å². The van der Waals surface area contributed by atoms with Crippen LogP contribution >= 0.6 is 0 Å². The van der Waals surface area contributed by atoms with E-state index in [1.165, 1.54) is 12.1 Å². The molecule has 1 atom stereocenters. The highest BCUT2D eigenvalue weighted by molar-refractivity contribution is 6.00. The van der Waals surface area contributed by atoms with E-state index >= 15 is 0 Å². The second-order valence-electron chi connectivity index (χ2n) is 32.3. The van der Waals surface area contributed by atoms with Crippen LogP contribution in [0.25, 0.3) is 0 Å². The SMILES string of the molecule is N/C(=N\O)c1ccc(OCCCCCOc2ccc(/C(N)=N\O)cc2)cc1.N=C(N)c1ccc(O)cc1.N=C(N)c1ccc(OCCC(O)CCOc2ccc(C(=N)N)cc2)cc1.N=C(N)c1ccc(OCCCC(O)COc2ccc(C(=N)N)cc2)cc1.N=C(N)c1ccc(OCCCCC(=O)O)cc1.N=C(N)c1ccc(OCCCCCO)cc1.N=C(N)c1ccc(OCCCCCOc2ccc(/C(N)=N/O)cc2)cc1. The van der Waals surface area contributed by atoms with Crippen LogP contribution in [-0.2, 0) is 4.79 Å². The molecule has 0 spiro atoms. The first-order valence-electron chi connectivity index (χ1n) is 47.1. The summed E-state index contributed by atoms with van der Waals surface area (Å²) < 4.78 is 55.8. The number of rotatable bonds is 55. The third-order valence-corrected chi connectivity index (χ3v) is 20.7. The van der Waals surface area contributed by atoms with Gasteiger partial charge in [0.1, 0.15) is 117 Å². The lowest BCUT2D eigenvalue weighted by atomic mass is 10.2. The maximum atomic E-state index is 10.3. The number of aromatic hydroxyl groups is 1. The van der Waals surface area contributed by atoms with Crippen LogP contribution in [0.1, 0.15) is 164 Å². The van der Waals surface area contributed by atoms with E-state index in [1.807, 2.05) is 24.3 Å². The predicted molar refractivity (Wildman–Crippen MR) is 574 cm³/mol. The first-order valence-corrected chi connectivity index (χ1v) is 47.1. The number of carboxylic acids is 1. The molecule has 41 nitrogen and oxygen atoms in total. The lowest BCUT2D eigenvalue weighted by Crippen LogP contribution is -2.18. The van der Waals surface area contributed by atoms with Crippen LogP contribution in [-0.4, -0.2) is 196 Å². The number of amidine groups is 11. The van der Waals surface area contributed by atoms with Crippen molar-refractivity contribution in [1.82, 2.24) is 0 Å². The number of benzene rings is 11. The molecule has 1 unspecified atom stereocenters. The monoisotopic (exact) mass is 2040 g/mol. The number of ether oxygens (including phenoxy) is 10. The molecule has 0 bridgehead atoms. The third kappa shape index (κ3) is 51.2. The van der Waals surface area contributed by atoms with Gasteiger partial charge in [-0.1, -0.05) is 15.5 Å². The summed E-state index contributed by atoms with van der Waals surface area (Å²) in [5, 5.41) is 139. The number of nitrogens with zero attached hydrogens (tertiary/aromatic N) is 3. The van der Waals surface area contributed by atoms with Crippen molar-refractivity contribution in [2.24, 2.45) is 78.5 Å². The molecule has 0 fully saturated rings. The molecule has 0 aliphatic heterocycles. The molecular formula is C107H138N22O19. The highest BCUT2D eigenvalue weighted by Crippen LogP contribution is 2.23. The Balaban J connectivity index is 0.000000309. The third-order valence-electron chi connectivity index (χ3n) is 20.7. The second kappa shape index (κ2) is 69.9. The predicted octanol–water partition coefficient (Wildman–Crippen LogP) is 12.7. The molecule has 0 heterocycles. The van der Waals surface area contributed by atoms with Gasteiger partial charge >= 0.3 is 5.97 Å². The molecule has 0 saturated heterocycles. The van der Waals surface area contributed by atoms with E-state index in [9.17, 15) is 15.0 Å². The van der Waals surface area contributed by atoms with E-state index in [4.69, 9.17) is 185 Å². The molecule has 0 aliphatic carbocycles. The van der Waals surface area contributed by atoms with Crippen LogP contribution in [0.15, 0.2) is 282 Å². The van der Waals surface area contributed by atoms with Crippen molar-refractivity contribution < 1.29 is 93.3 Å². The molecule has 11 aromatic rings. The van der Waals surface area contributed by atoms with Crippen molar-refractivity contribution in [3.8, 4) is 63.2 Å². The van der Waals surface area contributed by atoms with Crippen molar-refractivity contribution in [2.75, 3.05) is 72.7 Å². The maximum Gasteiger partial charge on any atom is 0.303 e. The van der Waals surface area contributed by atoms with E-state index in [0.29, 0.717) is 188 Å². The van der Waals surface area contributed by atoms with Crippen molar-refractivity contribution >= 4 is 70.2 Å². The Morgan fingerprint density at radius 2 is 0.419 bits per heavy atom. The normalized spacial score (nSPS) is 11.1. The van der Waals surface area contributed by atoms with Gasteiger partial charge in [0, 0.05) is 87.1 Å². The molecule has 41 heteroatoms. The summed E-state index contributed by atoms with van der Waals surface area (Å²) in [6.45, 7) is 5.29. The van der Waals surface area contributed by atoms with Gasteiger partial charge in [0.15, 0.2) is 17.5 Å². The molecule has 148 heavy (non-hydrogen) atoms. The first-order chi connectivity index (χ1) is 71.2. The standard InChI is InChI=1S/C19H24N4O4.3C19H24N4O3.C12H16N2O3.C12H18N2O2.C7H8N2O/c20-18(22-24)14-4-8-16(9-5-14)26-12-2-1-3-13-27-17-10-6-15(7-11-17)19(21)23-25;20-18(21)13-1-5-16(6-2-13)25-11-9-15(24)10-12-26-17-7-3-14(4-8-17)19(22)23;20-18(21)13-3-7-16(8-4-13)25-11-1-2-15(24)12-26-17-9-5-14(6-10-17)19(22)23;20-18(21)14-4-8-16(9-5-14)25-12-2-1-3-13-26-17-10-6-15(7-11-17)19(22)23-24;13-12(14)9-4-6-10(7-5-9)17-8-2-1-3-11(15)16;13-12(14)10-4-6-11(7-5-10)16-9-3-1-2-8-15;8-7(9)5-1-3-6(10)4-2-5/h4-11,24-25H,1-3,12-13H2,(H2,20,22)(H2,21,23);1-8,15,24H,9-12H2,(H3,20,21)(H3,22,23);3-10,15,24H,1-2,11-12H2,(H3,20,21)(H3,22,23);4-11,24H,1-3,12-13H2,(H3,20,21)(H2,22,23);4-7H,1-3,8H2,(H3,13,14)(H,15,16);4-7,15H,1-3,8-9H2,(H3,13,14);1-4,10H,(H3,8,9). The first kappa shape index (κ1) is 121. The van der Waals surface area contributed by atoms with Crippen LogP contribution in [0.3, 0.4) is 0 Å². The van der Waals surface area contributed by atoms with Crippen molar-refractivity contribution in [3.63, 3.8) is 0 Å². The number of aliphatic carboxylic acids is 1. The van der Waals surface area contributed by atoms with Crippen LogP contribution in [0.2, 0.25) is 0 Å². The highest BCUT2D eigenvalue weighted by atomic mass is 16.5. The number of aliphatic hydroxyl groups is 3. The van der Waals surface area contributed by atoms with Gasteiger partial charge in [-0.25, -0.2) is 0 Å². The minimum absolute atomic E-state index is 0.00696. The fourth-order valence-electron chi connectivity index (χ4n) is 12.3. The van der Waals surface area contributed by atoms with Crippen molar-refractivity contribution in [2.45, 2.75) is 115 Å². The number of nitrogens with two attached hydrogens (primary N) is 11. The van der Waals surface area contributed by atoms with E-state index in [0.717, 1.165) is 86.5 Å². The Kier molecular flexibility index (Phi) is 57.0. The smallest absolute Gasteiger partial charge is 0.303 e. The van der Waals surface area contributed by atoms with Gasteiger partial charge in [-0.2, -0.15) is 0 Å². The van der Waals surface area contributed by atoms with Gasteiger partial charge in [-0.05, 0) is 350 Å². The lowest BCUT2D eigenvalue weighted by Gasteiger charge is -2.13. The summed E-state index contributed by atoms with van der Waals surface area (Å²) in [7, 11) is 0. The number of carbonyl (C=O) groups is 1. The maximum absolute atomic E-state index is 10.3. The van der Waals surface area contributed by atoms with Crippen molar-refractivity contribution in [3.05, 3.63) is 328 Å². The number of unbranched alkanes of at least 4 members (excludes halogenated alkanes) is 7. The average molecular weight is 2040 g/mol. The number of phenolic OH excluding ortho intramolecular Hbond substituents is 1. The van der Waals surface area contributed by atoms with Crippen LogP contribution in [0.5, 0.6) is 63.2 Å². The number of phenols is 1. The molecule has 0 aliphatic rings.